The minimum atomic E-state index is -0.302. The quantitative estimate of drug-likeness (QED) is 0.609. The molecule has 1 aliphatic carbocycles. The van der Waals surface area contributed by atoms with E-state index in [0.29, 0.717) is 6.61 Å². The van der Waals surface area contributed by atoms with Crippen molar-refractivity contribution >= 4 is 0 Å². The zero-order valence-corrected chi connectivity index (χ0v) is 5.84. The van der Waals surface area contributed by atoms with Gasteiger partial charge in [0.1, 0.15) is 0 Å². The number of hydrogen-bond donors (Lipinski definition) is 1. The molecule has 1 aliphatic rings. The predicted octanol–water partition coefficient (Wildman–Crippen LogP) is 0.794. The molecule has 1 fully saturated rings. The molecular formula is C7H14O2. The van der Waals surface area contributed by atoms with Gasteiger partial charge in [-0.15, -0.1) is 0 Å². The molecular weight excluding hydrogens is 116 g/mol. The Labute approximate surface area is 55.8 Å². The van der Waals surface area contributed by atoms with Gasteiger partial charge in [-0.1, -0.05) is 0 Å². The van der Waals surface area contributed by atoms with Gasteiger partial charge in [0.2, 0.25) is 0 Å². The van der Waals surface area contributed by atoms with Crippen molar-refractivity contribution in [3.8, 4) is 0 Å². The summed E-state index contributed by atoms with van der Waals surface area (Å²) in [6, 6.07) is 0. The molecule has 9 heavy (non-hydrogen) atoms. The van der Waals surface area contributed by atoms with Crippen molar-refractivity contribution in [2.45, 2.75) is 25.9 Å². The molecule has 1 atom stereocenters. The summed E-state index contributed by atoms with van der Waals surface area (Å²) in [7, 11) is 0. The van der Waals surface area contributed by atoms with E-state index in [4.69, 9.17) is 9.84 Å². The fraction of sp³-hybridized carbons (Fsp3) is 1.00. The number of rotatable bonds is 4. The molecule has 1 rings (SSSR count). The Morgan fingerprint density at radius 3 is 2.78 bits per heavy atom. The SMILES string of the molecule is C[C@H](O)COCC1CC1. The average molecular weight is 130 g/mol. The maximum atomic E-state index is 8.76. The molecule has 0 aromatic heterocycles. The lowest BCUT2D eigenvalue weighted by molar-refractivity contribution is 0.0414. The fourth-order valence-corrected chi connectivity index (χ4v) is 0.690. The molecule has 2 nitrogen and oxygen atoms in total. The van der Waals surface area contributed by atoms with Crippen LogP contribution in [-0.4, -0.2) is 24.4 Å². The summed E-state index contributed by atoms with van der Waals surface area (Å²) in [5.41, 5.74) is 0. The summed E-state index contributed by atoms with van der Waals surface area (Å²) in [6.45, 7) is 3.09. The van der Waals surface area contributed by atoms with E-state index in [0.717, 1.165) is 12.5 Å². The number of aliphatic hydroxyl groups excluding tert-OH is 1. The van der Waals surface area contributed by atoms with E-state index in [9.17, 15) is 0 Å². The van der Waals surface area contributed by atoms with Crippen LogP contribution in [0.4, 0.5) is 0 Å². The van der Waals surface area contributed by atoms with E-state index in [1.54, 1.807) is 6.92 Å². The van der Waals surface area contributed by atoms with Gasteiger partial charge in [0.25, 0.3) is 0 Å². The van der Waals surface area contributed by atoms with Crippen molar-refractivity contribution in [1.82, 2.24) is 0 Å². The maximum Gasteiger partial charge on any atom is 0.0745 e. The van der Waals surface area contributed by atoms with Gasteiger partial charge in [-0.2, -0.15) is 0 Å². The lowest BCUT2D eigenvalue weighted by atomic mass is 10.4. The third-order valence-electron chi connectivity index (χ3n) is 1.41. The van der Waals surface area contributed by atoms with Gasteiger partial charge >= 0.3 is 0 Å². The Kier molecular flexibility index (Phi) is 2.49. The summed E-state index contributed by atoms with van der Waals surface area (Å²) in [4.78, 5) is 0. The summed E-state index contributed by atoms with van der Waals surface area (Å²) < 4.78 is 5.17. The second-order valence-corrected chi connectivity index (χ2v) is 2.83. The summed E-state index contributed by atoms with van der Waals surface area (Å²) in [5, 5.41) is 8.76. The maximum absolute atomic E-state index is 8.76. The highest BCUT2D eigenvalue weighted by atomic mass is 16.5. The number of aliphatic hydroxyl groups is 1. The van der Waals surface area contributed by atoms with Crippen LogP contribution in [0.3, 0.4) is 0 Å². The summed E-state index contributed by atoms with van der Waals surface area (Å²) >= 11 is 0. The van der Waals surface area contributed by atoms with Crippen molar-refractivity contribution in [2.75, 3.05) is 13.2 Å². The second-order valence-electron chi connectivity index (χ2n) is 2.83. The van der Waals surface area contributed by atoms with E-state index in [1.165, 1.54) is 12.8 Å². The minimum absolute atomic E-state index is 0.302. The first kappa shape index (κ1) is 7.03. The molecule has 0 bridgehead atoms. The van der Waals surface area contributed by atoms with Crippen molar-refractivity contribution in [3.05, 3.63) is 0 Å². The lowest BCUT2D eigenvalue weighted by Gasteiger charge is -2.03. The molecule has 0 radical (unpaired) electrons. The molecule has 54 valence electrons. The molecule has 0 aromatic rings. The van der Waals surface area contributed by atoms with Gasteiger partial charge in [-0.25, -0.2) is 0 Å². The number of ether oxygens (including phenoxy) is 1. The topological polar surface area (TPSA) is 29.5 Å². The Hall–Kier alpha value is -0.0800. The molecule has 0 amide bonds. The van der Waals surface area contributed by atoms with Crippen molar-refractivity contribution in [2.24, 2.45) is 5.92 Å². The van der Waals surface area contributed by atoms with E-state index in [1.807, 2.05) is 0 Å². The largest absolute Gasteiger partial charge is 0.391 e. The molecule has 1 saturated carbocycles. The van der Waals surface area contributed by atoms with Crippen molar-refractivity contribution in [1.29, 1.82) is 0 Å². The minimum Gasteiger partial charge on any atom is -0.391 e. The van der Waals surface area contributed by atoms with Crippen LogP contribution in [0.1, 0.15) is 19.8 Å². The van der Waals surface area contributed by atoms with Crippen molar-refractivity contribution in [3.63, 3.8) is 0 Å². The third-order valence-corrected chi connectivity index (χ3v) is 1.41. The van der Waals surface area contributed by atoms with Gasteiger partial charge in [-0.3, -0.25) is 0 Å². The molecule has 2 heteroatoms. The molecule has 0 spiro atoms. The highest BCUT2D eigenvalue weighted by Crippen LogP contribution is 2.28. The first-order valence-electron chi connectivity index (χ1n) is 3.55. The van der Waals surface area contributed by atoms with Crippen LogP contribution >= 0.6 is 0 Å². The van der Waals surface area contributed by atoms with Gasteiger partial charge < -0.3 is 9.84 Å². The smallest absolute Gasteiger partial charge is 0.0745 e. The Morgan fingerprint density at radius 1 is 1.67 bits per heavy atom. The van der Waals surface area contributed by atoms with Crippen LogP contribution < -0.4 is 0 Å². The first-order valence-corrected chi connectivity index (χ1v) is 3.55. The van der Waals surface area contributed by atoms with Gasteiger partial charge in [0.15, 0.2) is 0 Å². The number of hydrogen-bond acceptors (Lipinski definition) is 2. The lowest BCUT2D eigenvalue weighted by Crippen LogP contribution is -2.11. The van der Waals surface area contributed by atoms with Crippen LogP contribution in [0.2, 0.25) is 0 Å². The third kappa shape index (κ3) is 3.49. The first-order chi connectivity index (χ1) is 4.29. The molecule has 0 aliphatic heterocycles. The van der Waals surface area contributed by atoms with E-state index in [-0.39, 0.29) is 6.10 Å². The van der Waals surface area contributed by atoms with Crippen LogP contribution in [0.15, 0.2) is 0 Å². The standard InChI is InChI=1S/C7H14O2/c1-6(8)4-9-5-7-2-3-7/h6-8H,2-5H2,1H3/t6-/m0/s1. The average Bonchev–Trinajstić information content (AvgIpc) is 2.48. The molecule has 0 aromatic carbocycles. The van der Waals surface area contributed by atoms with Crippen LogP contribution in [0.5, 0.6) is 0 Å². The normalized spacial score (nSPS) is 22.0. The Balaban J connectivity index is 1.81. The van der Waals surface area contributed by atoms with E-state index >= 15 is 0 Å². The Morgan fingerprint density at radius 2 is 2.33 bits per heavy atom. The molecule has 1 N–H and O–H groups in total. The highest BCUT2D eigenvalue weighted by molar-refractivity contribution is 4.71. The fourth-order valence-electron chi connectivity index (χ4n) is 0.690. The predicted molar refractivity (Wildman–Crippen MR) is 35.2 cm³/mol. The Bertz CT molecular complexity index is 75.0. The van der Waals surface area contributed by atoms with Crippen LogP contribution in [0, 0.1) is 5.92 Å². The van der Waals surface area contributed by atoms with Crippen LogP contribution in [-0.2, 0) is 4.74 Å². The summed E-state index contributed by atoms with van der Waals surface area (Å²) in [6.07, 6.45) is 2.34. The van der Waals surface area contributed by atoms with E-state index < -0.39 is 0 Å². The zero-order chi connectivity index (χ0) is 6.69. The monoisotopic (exact) mass is 130 g/mol. The highest BCUT2D eigenvalue weighted by Gasteiger charge is 2.21. The van der Waals surface area contributed by atoms with Crippen molar-refractivity contribution < 1.29 is 9.84 Å². The van der Waals surface area contributed by atoms with Gasteiger partial charge in [0, 0.05) is 6.61 Å². The van der Waals surface area contributed by atoms with Crippen LogP contribution in [0.25, 0.3) is 0 Å². The second kappa shape index (κ2) is 3.18. The van der Waals surface area contributed by atoms with E-state index in [2.05, 4.69) is 0 Å². The van der Waals surface area contributed by atoms with Gasteiger partial charge in [0.05, 0.1) is 12.7 Å². The molecule has 0 saturated heterocycles. The van der Waals surface area contributed by atoms with Gasteiger partial charge in [-0.05, 0) is 25.7 Å². The molecule has 0 heterocycles. The molecule has 0 unspecified atom stereocenters. The summed E-state index contributed by atoms with van der Waals surface area (Å²) in [5.74, 6) is 0.809. The zero-order valence-electron chi connectivity index (χ0n) is 5.84.